The van der Waals surface area contributed by atoms with Gasteiger partial charge >= 0.3 is 0 Å². The number of nitrogens with one attached hydrogen (secondary N) is 1. The first kappa shape index (κ1) is 22.4. The summed E-state index contributed by atoms with van der Waals surface area (Å²) in [6.07, 6.45) is 1.95. The summed E-state index contributed by atoms with van der Waals surface area (Å²) in [6.45, 7) is 1.10. The number of benzene rings is 1. The Bertz CT molecular complexity index is 1050. The largest absolute Gasteiger partial charge is 0.376 e. The van der Waals surface area contributed by atoms with E-state index in [1.54, 1.807) is 6.07 Å². The molecule has 32 heavy (non-hydrogen) atoms. The van der Waals surface area contributed by atoms with Crippen molar-refractivity contribution in [2.45, 2.75) is 32.0 Å². The molecule has 1 aliphatic heterocycles. The van der Waals surface area contributed by atoms with Crippen molar-refractivity contribution in [3.05, 3.63) is 52.4 Å². The van der Waals surface area contributed by atoms with Gasteiger partial charge in [0.15, 0.2) is 0 Å². The lowest BCUT2D eigenvalue weighted by Gasteiger charge is -2.23. The highest BCUT2D eigenvalue weighted by Crippen LogP contribution is 2.20. The third-order valence-corrected chi connectivity index (χ3v) is 6.26. The summed E-state index contributed by atoms with van der Waals surface area (Å²) in [5.74, 6) is -0.112. The molecule has 1 saturated heterocycles. The van der Waals surface area contributed by atoms with Gasteiger partial charge in [-0.15, -0.1) is 21.5 Å². The molecule has 0 saturated carbocycles. The van der Waals surface area contributed by atoms with E-state index in [1.807, 2.05) is 35.7 Å². The van der Waals surface area contributed by atoms with E-state index in [0.717, 1.165) is 29.9 Å². The van der Waals surface area contributed by atoms with Gasteiger partial charge in [0.25, 0.3) is 0 Å². The van der Waals surface area contributed by atoms with Crippen molar-refractivity contribution in [2.75, 3.05) is 19.7 Å². The number of tetrazole rings is 1. The molecule has 0 unspecified atom stereocenters. The third-order valence-electron chi connectivity index (χ3n) is 5.03. The van der Waals surface area contributed by atoms with Crippen LogP contribution in [0, 0.1) is 0 Å². The van der Waals surface area contributed by atoms with Crippen LogP contribution in [0.3, 0.4) is 0 Å². The van der Waals surface area contributed by atoms with Gasteiger partial charge in [0.2, 0.25) is 17.6 Å². The van der Waals surface area contributed by atoms with Crippen molar-refractivity contribution in [2.24, 2.45) is 0 Å². The fourth-order valence-electron chi connectivity index (χ4n) is 3.36. The van der Waals surface area contributed by atoms with Gasteiger partial charge in [0, 0.05) is 24.7 Å². The van der Waals surface area contributed by atoms with Crippen LogP contribution in [0.5, 0.6) is 0 Å². The number of hydrogen-bond acceptors (Lipinski definition) is 7. The first-order valence-corrected chi connectivity index (χ1v) is 11.6. The second-order valence-corrected chi connectivity index (χ2v) is 8.76. The highest BCUT2D eigenvalue weighted by molar-refractivity contribution is 7.13. The van der Waals surface area contributed by atoms with E-state index in [1.165, 1.54) is 21.0 Å². The molecule has 3 aromatic rings. The number of hydrogen-bond donors (Lipinski definition) is 1. The molecule has 0 spiro atoms. The highest BCUT2D eigenvalue weighted by atomic mass is 35.5. The van der Waals surface area contributed by atoms with Gasteiger partial charge < -0.3 is 15.0 Å². The van der Waals surface area contributed by atoms with Crippen molar-refractivity contribution in [1.29, 1.82) is 0 Å². The maximum absolute atomic E-state index is 13.1. The Morgan fingerprint density at radius 2 is 2.16 bits per heavy atom. The maximum Gasteiger partial charge on any atom is 0.247 e. The lowest BCUT2D eigenvalue weighted by molar-refractivity contribution is -0.137. The number of rotatable bonds is 9. The van der Waals surface area contributed by atoms with Gasteiger partial charge in [-0.05, 0) is 41.1 Å². The first-order valence-electron chi connectivity index (χ1n) is 10.3. The van der Waals surface area contributed by atoms with Crippen LogP contribution in [-0.2, 0) is 27.4 Å². The fourth-order valence-corrected chi connectivity index (χ4v) is 4.21. The zero-order valence-electron chi connectivity index (χ0n) is 17.3. The van der Waals surface area contributed by atoms with Crippen LogP contribution in [0.4, 0.5) is 0 Å². The lowest BCUT2D eigenvalue weighted by Crippen LogP contribution is -2.43. The summed E-state index contributed by atoms with van der Waals surface area (Å²) in [7, 11) is 0. The first-order chi connectivity index (χ1) is 15.6. The minimum absolute atomic E-state index is 0.0293. The van der Waals surface area contributed by atoms with E-state index in [0.29, 0.717) is 17.4 Å². The van der Waals surface area contributed by atoms with E-state index < -0.39 is 0 Å². The van der Waals surface area contributed by atoms with Crippen molar-refractivity contribution in [1.82, 2.24) is 30.4 Å². The molecule has 0 radical (unpaired) electrons. The predicted molar refractivity (Wildman–Crippen MR) is 120 cm³/mol. The van der Waals surface area contributed by atoms with Crippen LogP contribution in [0.2, 0.25) is 5.02 Å². The number of aromatic nitrogens is 4. The minimum Gasteiger partial charge on any atom is -0.376 e. The fraction of sp³-hybridized carbons (Fsp3) is 0.381. The molecule has 2 amide bonds. The number of halogens is 1. The zero-order chi connectivity index (χ0) is 22.3. The van der Waals surface area contributed by atoms with Crippen LogP contribution in [0.25, 0.3) is 10.7 Å². The van der Waals surface area contributed by atoms with Gasteiger partial charge in [-0.3, -0.25) is 9.59 Å². The molecule has 11 heteroatoms. The Balaban J connectivity index is 1.43. The van der Waals surface area contributed by atoms with Crippen molar-refractivity contribution in [3.8, 4) is 10.7 Å². The van der Waals surface area contributed by atoms with Gasteiger partial charge in [0.1, 0.15) is 6.54 Å². The van der Waals surface area contributed by atoms with E-state index in [-0.39, 0.29) is 37.6 Å². The Morgan fingerprint density at radius 1 is 1.28 bits per heavy atom. The lowest BCUT2D eigenvalue weighted by atomic mass is 10.2. The Hall–Kier alpha value is -2.82. The molecule has 1 N–H and O–H groups in total. The van der Waals surface area contributed by atoms with Crippen LogP contribution >= 0.6 is 22.9 Å². The van der Waals surface area contributed by atoms with E-state index in [9.17, 15) is 9.59 Å². The molecule has 1 aliphatic rings. The molecule has 4 rings (SSSR count). The second-order valence-electron chi connectivity index (χ2n) is 7.40. The highest BCUT2D eigenvalue weighted by Gasteiger charge is 2.22. The molecular weight excluding hydrogens is 452 g/mol. The summed E-state index contributed by atoms with van der Waals surface area (Å²) < 4.78 is 5.54. The van der Waals surface area contributed by atoms with Gasteiger partial charge in [-0.1, -0.05) is 35.9 Å². The van der Waals surface area contributed by atoms with Crippen molar-refractivity contribution in [3.63, 3.8) is 0 Å². The zero-order valence-corrected chi connectivity index (χ0v) is 18.9. The molecule has 0 aliphatic carbocycles. The van der Waals surface area contributed by atoms with E-state index in [2.05, 4.69) is 20.7 Å². The smallest absolute Gasteiger partial charge is 0.247 e. The number of ether oxygens (including phenoxy) is 1. The SMILES string of the molecule is O=C(CN(Cc1ccccc1Cl)C(=O)Cn1nnc(-c2cccs2)n1)NC[C@@H]1CCCO1. The second kappa shape index (κ2) is 10.7. The van der Waals surface area contributed by atoms with Gasteiger partial charge in [-0.25, -0.2) is 0 Å². The molecule has 168 valence electrons. The Labute approximate surface area is 194 Å². The average molecular weight is 475 g/mol. The quantitative estimate of drug-likeness (QED) is 0.511. The summed E-state index contributed by atoms with van der Waals surface area (Å²) in [6, 6.07) is 11.0. The third kappa shape index (κ3) is 5.90. The summed E-state index contributed by atoms with van der Waals surface area (Å²) in [5, 5.41) is 17.6. The monoisotopic (exact) mass is 474 g/mol. The molecule has 3 heterocycles. The van der Waals surface area contributed by atoms with Crippen LogP contribution in [-0.4, -0.2) is 62.7 Å². The average Bonchev–Trinajstić information content (AvgIpc) is 3.55. The predicted octanol–water partition coefficient (Wildman–Crippen LogP) is 2.38. The number of nitrogens with zero attached hydrogens (tertiary/aromatic N) is 5. The van der Waals surface area contributed by atoms with E-state index >= 15 is 0 Å². The maximum atomic E-state index is 13.1. The van der Waals surface area contributed by atoms with Crippen molar-refractivity contribution < 1.29 is 14.3 Å². The Morgan fingerprint density at radius 3 is 2.91 bits per heavy atom. The molecular formula is C21H23ClN6O3S. The summed E-state index contributed by atoms with van der Waals surface area (Å²) in [4.78, 5) is 29.2. The topological polar surface area (TPSA) is 102 Å². The molecule has 1 fully saturated rings. The standard InChI is InChI=1S/C21H23ClN6O3S/c22-17-7-2-1-5-15(17)12-27(13-19(29)23-11-16-6-3-9-31-16)20(30)14-28-25-21(24-26-28)18-8-4-10-32-18/h1-2,4-5,7-8,10,16H,3,6,9,11-14H2,(H,23,29)/t16-/m0/s1. The van der Waals surface area contributed by atoms with Crippen LogP contribution in [0.15, 0.2) is 41.8 Å². The number of carbonyl (C=O) groups is 2. The summed E-state index contributed by atoms with van der Waals surface area (Å²) in [5.41, 5.74) is 0.750. The molecule has 1 atom stereocenters. The van der Waals surface area contributed by atoms with E-state index in [4.69, 9.17) is 16.3 Å². The van der Waals surface area contributed by atoms with Crippen LogP contribution < -0.4 is 5.32 Å². The minimum atomic E-state index is -0.313. The van der Waals surface area contributed by atoms with Gasteiger partial charge in [0.05, 0.1) is 17.5 Å². The Kier molecular flexibility index (Phi) is 7.46. The van der Waals surface area contributed by atoms with Gasteiger partial charge in [-0.2, -0.15) is 4.80 Å². The molecule has 9 nitrogen and oxygen atoms in total. The molecule has 2 aromatic heterocycles. The molecule has 1 aromatic carbocycles. The number of amides is 2. The van der Waals surface area contributed by atoms with Crippen LogP contribution in [0.1, 0.15) is 18.4 Å². The van der Waals surface area contributed by atoms with Crippen molar-refractivity contribution >= 4 is 34.8 Å². The number of carbonyl (C=O) groups excluding carboxylic acids is 2. The normalized spacial score (nSPS) is 15.6. The summed E-state index contributed by atoms with van der Waals surface area (Å²) >= 11 is 7.77. The number of thiophene rings is 1. The molecule has 0 bridgehead atoms.